The molecule has 0 amide bonds. The van der Waals surface area contributed by atoms with E-state index >= 15 is 0 Å². The van der Waals surface area contributed by atoms with E-state index in [1.807, 2.05) is 56.4 Å². The SMILES string of the molecule is CN(Cc1ccc(F)cc1)CC(C)(N)c1ccccc1. The predicted molar refractivity (Wildman–Crippen MR) is 80.7 cm³/mol. The van der Waals surface area contributed by atoms with Gasteiger partial charge in [-0.25, -0.2) is 4.39 Å². The summed E-state index contributed by atoms with van der Waals surface area (Å²) in [7, 11) is 2.03. The Labute approximate surface area is 120 Å². The summed E-state index contributed by atoms with van der Waals surface area (Å²) >= 11 is 0. The third-order valence-corrected chi connectivity index (χ3v) is 3.40. The van der Waals surface area contributed by atoms with Gasteiger partial charge in [0.15, 0.2) is 0 Å². The molecule has 20 heavy (non-hydrogen) atoms. The Balaban J connectivity index is 2.00. The first kappa shape index (κ1) is 14.7. The van der Waals surface area contributed by atoms with Crippen LogP contribution in [-0.4, -0.2) is 18.5 Å². The van der Waals surface area contributed by atoms with Crippen LogP contribution in [0.4, 0.5) is 4.39 Å². The lowest BCUT2D eigenvalue weighted by Crippen LogP contribution is -2.43. The maximum atomic E-state index is 12.9. The zero-order chi connectivity index (χ0) is 14.6. The normalized spacial score (nSPS) is 14.2. The van der Waals surface area contributed by atoms with Crippen LogP contribution in [0.5, 0.6) is 0 Å². The van der Waals surface area contributed by atoms with Gasteiger partial charge in [-0.2, -0.15) is 0 Å². The fourth-order valence-electron chi connectivity index (χ4n) is 2.43. The van der Waals surface area contributed by atoms with Crippen LogP contribution in [0.1, 0.15) is 18.1 Å². The van der Waals surface area contributed by atoms with Gasteiger partial charge in [-0.3, -0.25) is 4.90 Å². The van der Waals surface area contributed by atoms with Crippen LogP contribution >= 0.6 is 0 Å². The van der Waals surface area contributed by atoms with Crippen molar-refractivity contribution in [2.75, 3.05) is 13.6 Å². The van der Waals surface area contributed by atoms with Gasteiger partial charge in [0, 0.05) is 13.1 Å². The number of hydrogen-bond acceptors (Lipinski definition) is 2. The molecule has 0 aliphatic carbocycles. The average Bonchev–Trinajstić information content (AvgIpc) is 2.42. The molecule has 3 heteroatoms. The van der Waals surface area contributed by atoms with Crippen molar-refractivity contribution in [1.29, 1.82) is 0 Å². The first-order valence-electron chi connectivity index (χ1n) is 6.75. The summed E-state index contributed by atoms with van der Waals surface area (Å²) in [5.41, 5.74) is 8.21. The van der Waals surface area contributed by atoms with Gasteiger partial charge in [0.1, 0.15) is 5.82 Å². The summed E-state index contributed by atoms with van der Waals surface area (Å²) < 4.78 is 12.9. The van der Waals surface area contributed by atoms with Gasteiger partial charge < -0.3 is 5.73 Å². The van der Waals surface area contributed by atoms with E-state index in [1.165, 1.54) is 12.1 Å². The van der Waals surface area contributed by atoms with E-state index in [0.29, 0.717) is 0 Å². The Morgan fingerprint density at radius 2 is 1.65 bits per heavy atom. The molecular formula is C17H21FN2. The monoisotopic (exact) mass is 272 g/mol. The molecule has 2 aromatic rings. The highest BCUT2D eigenvalue weighted by molar-refractivity contribution is 5.23. The number of rotatable bonds is 5. The second kappa shape index (κ2) is 6.16. The molecule has 2 nitrogen and oxygen atoms in total. The third kappa shape index (κ3) is 3.89. The molecule has 0 spiro atoms. The van der Waals surface area contributed by atoms with Crippen molar-refractivity contribution in [3.8, 4) is 0 Å². The maximum absolute atomic E-state index is 12.9. The Morgan fingerprint density at radius 1 is 1.05 bits per heavy atom. The van der Waals surface area contributed by atoms with Crippen LogP contribution in [0, 0.1) is 5.82 Å². The second-order valence-corrected chi connectivity index (χ2v) is 5.58. The summed E-state index contributed by atoms with van der Waals surface area (Å²) in [4.78, 5) is 2.15. The highest BCUT2D eigenvalue weighted by Gasteiger charge is 2.22. The molecule has 2 aromatic carbocycles. The molecule has 0 heterocycles. The van der Waals surface area contributed by atoms with Crippen LogP contribution in [0.15, 0.2) is 54.6 Å². The highest BCUT2D eigenvalue weighted by Crippen LogP contribution is 2.19. The summed E-state index contributed by atoms with van der Waals surface area (Å²) in [5, 5.41) is 0. The Kier molecular flexibility index (Phi) is 4.53. The fourth-order valence-corrected chi connectivity index (χ4v) is 2.43. The minimum absolute atomic E-state index is 0.204. The standard InChI is InChI=1S/C17H21FN2/c1-17(19,15-6-4-3-5-7-15)13-20(2)12-14-8-10-16(18)11-9-14/h3-11H,12-13,19H2,1-2H3. The lowest BCUT2D eigenvalue weighted by Gasteiger charge is -2.30. The largest absolute Gasteiger partial charge is 0.321 e. The lowest BCUT2D eigenvalue weighted by atomic mass is 9.92. The lowest BCUT2D eigenvalue weighted by molar-refractivity contribution is 0.253. The molecule has 0 saturated carbocycles. The van der Waals surface area contributed by atoms with E-state index in [0.717, 1.165) is 24.2 Å². The molecular weight excluding hydrogens is 251 g/mol. The van der Waals surface area contributed by atoms with E-state index in [2.05, 4.69) is 4.90 Å². The van der Waals surface area contributed by atoms with Gasteiger partial charge in [0.05, 0.1) is 5.54 Å². The molecule has 0 fully saturated rings. The van der Waals surface area contributed by atoms with Gasteiger partial charge >= 0.3 is 0 Å². The first-order valence-corrected chi connectivity index (χ1v) is 6.75. The van der Waals surface area contributed by atoms with Gasteiger partial charge in [0.25, 0.3) is 0 Å². The van der Waals surface area contributed by atoms with Gasteiger partial charge in [-0.05, 0) is 37.2 Å². The van der Waals surface area contributed by atoms with Crippen molar-refractivity contribution in [1.82, 2.24) is 4.90 Å². The number of hydrogen-bond donors (Lipinski definition) is 1. The summed E-state index contributed by atoms with van der Waals surface area (Å²) in [5.74, 6) is -0.204. The molecule has 0 aliphatic heterocycles. The van der Waals surface area contributed by atoms with E-state index in [4.69, 9.17) is 5.73 Å². The van der Waals surface area contributed by atoms with E-state index < -0.39 is 5.54 Å². The summed E-state index contributed by atoms with van der Waals surface area (Å²) in [6.45, 7) is 3.51. The van der Waals surface area contributed by atoms with Gasteiger partial charge in [0.2, 0.25) is 0 Å². The Morgan fingerprint density at radius 3 is 2.25 bits per heavy atom. The van der Waals surface area contributed by atoms with Crippen LogP contribution in [-0.2, 0) is 12.1 Å². The number of nitrogens with zero attached hydrogens (tertiary/aromatic N) is 1. The summed E-state index contributed by atoms with van der Waals surface area (Å²) in [6.07, 6.45) is 0. The zero-order valence-corrected chi connectivity index (χ0v) is 12.0. The van der Waals surface area contributed by atoms with Crippen molar-refractivity contribution in [2.24, 2.45) is 5.73 Å². The van der Waals surface area contributed by atoms with Gasteiger partial charge in [-0.15, -0.1) is 0 Å². The van der Waals surface area contributed by atoms with E-state index in [-0.39, 0.29) is 5.82 Å². The maximum Gasteiger partial charge on any atom is 0.123 e. The Hall–Kier alpha value is -1.71. The second-order valence-electron chi connectivity index (χ2n) is 5.58. The average molecular weight is 272 g/mol. The molecule has 0 saturated heterocycles. The molecule has 0 aliphatic rings. The first-order chi connectivity index (χ1) is 9.47. The van der Waals surface area contributed by atoms with E-state index in [9.17, 15) is 4.39 Å². The van der Waals surface area contributed by atoms with Crippen LogP contribution in [0.25, 0.3) is 0 Å². The van der Waals surface area contributed by atoms with Gasteiger partial charge in [-0.1, -0.05) is 42.5 Å². The van der Waals surface area contributed by atoms with Crippen LogP contribution in [0.2, 0.25) is 0 Å². The highest BCUT2D eigenvalue weighted by atomic mass is 19.1. The number of nitrogens with two attached hydrogens (primary N) is 1. The van der Waals surface area contributed by atoms with Crippen molar-refractivity contribution >= 4 is 0 Å². The third-order valence-electron chi connectivity index (χ3n) is 3.40. The molecule has 2 N–H and O–H groups in total. The molecule has 106 valence electrons. The fraction of sp³-hybridized carbons (Fsp3) is 0.294. The smallest absolute Gasteiger partial charge is 0.123 e. The van der Waals surface area contributed by atoms with Crippen molar-refractivity contribution in [3.63, 3.8) is 0 Å². The quantitative estimate of drug-likeness (QED) is 0.906. The van der Waals surface area contributed by atoms with Crippen molar-refractivity contribution < 1.29 is 4.39 Å². The number of benzene rings is 2. The van der Waals surface area contributed by atoms with E-state index in [1.54, 1.807) is 0 Å². The minimum Gasteiger partial charge on any atom is -0.321 e. The number of halogens is 1. The predicted octanol–water partition coefficient (Wildman–Crippen LogP) is 3.13. The molecule has 1 unspecified atom stereocenters. The molecule has 0 aromatic heterocycles. The molecule has 0 radical (unpaired) electrons. The van der Waals surface area contributed by atoms with Crippen molar-refractivity contribution in [3.05, 3.63) is 71.5 Å². The molecule has 1 atom stereocenters. The molecule has 2 rings (SSSR count). The number of likely N-dealkylation sites (N-methyl/N-ethyl adjacent to an activating group) is 1. The minimum atomic E-state index is -0.407. The van der Waals surface area contributed by atoms with Crippen LogP contribution in [0.3, 0.4) is 0 Å². The zero-order valence-electron chi connectivity index (χ0n) is 12.0. The molecule has 0 bridgehead atoms. The topological polar surface area (TPSA) is 29.3 Å². The van der Waals surface area contributed by atoms with Crippen molar-refractivity contribution in [2.45, 2.75) is 19.0 Å². The van der Waals surface area contributed by atoms with Crippen LogP contribution < -0.4 is 5.73 Å². The summed E-state index contributed by atoms with van der Waals surface area (Å²) in [6, 6.07) is 16.7. The Bertz CT molecular complexity index is 535.